The third-order valence-electron chi connectivity index (χ3n) is 3.51. The monoisotopic (exact) mass is 199 g/mol. The zero-order chi connectivity index (χ0) is 9.15. The SMILES string of the molecule is CSCCCNCC1(C2CC2)CC1. The number of nitrogens with one attached hydrogen (secondary N) is 1. The molecule has 2 saturated carbocycles. The van der Waals surface area contributed by atoms with Crippen LogP contribution >= 0.6 is 11.8 Å². The van der Waals surface area contributed by atoms with E-state index in [0.717, 1.165) is 11.3 Å². The molecule has 2 fully saturated rings. The molecule has 0 saturated heterocycles. The molecule has 2 heteroatoms. The summed E-state index contributed by atoms with van der Waals surface area (Å²) in [5.41, 5.74) is 0.791. The van der Waals surface area contributed by atoms with Gasteiger partial charge in [-0.05, 0) is 62.0 Å². The molecular weight excluding hydrogens is 178 g/mol. The predicted molar refractivity (Wildman–Crippen MR) is 60.3 cm³/mol. The van der Waals surface area contributed by atoms with Crippen molar-refractivity contribution in [3.63, 3.8) is 0 Å². The van der Waals surface area contributed by atoms with Gasteiger partial charge in [-0.15, -0.1) is 0 Å². The molecule has 0 aromatic heterocycles. The van der Waals surface area contributed by atoms with E-state index in [2.05, 4.69) is 11.6 Å². The van der Waals surface area contributed by atoms with Crippen molar-refractivity contribution in [2.75, 3.05) is 25.1 Å². The van der Waals surface area contributed by atoms with Crippen LogP contribution in [0, 0.1) is 11.3 Å². The van der Waals surface area contributed by atoms with Crippen LogP contribution in [0.25, 0.3) is 0 Å². The third-order valence-corrected chi connectivity index (χ3v) is 4.21. The van der Waals surface area contributed by atoms with E-state index in [1.54, 1.807) is 0 Å². The first kappa shape index (κ1) is 9.85. The van der Waals surface area contributed by atoms with Crippen LogP contribution in [0.5, 0.6) is 0 Å². The van der Waals surface area contributed by atoms with Gasteiger partial charge in [0.15, 0.2) is 0 Å². The average Bonchev–Trinajstić information content (AvgIpc) is 2.98. The molecule has 1 nitrogen and oxygen atoms in total. The van der Waals surface area contributed by atoms with Crippen LogP contribution in [0.15, 0.2) is 0 Å². The molecule has 0 unspecified atom stereocenters. The summed E-state index contributed by atoms with van der Waals surface area (Å²) in [4.78, 5) is 0. The highest BCUT2D eigenvalue weighted by Gasteiger charge is 2.52. The minimum atomic E-state index is 0.791. The molecule has 0 bridgehead atoms. The van der Waals surface area contributed by atoms with Gasteiger partial charge in [0, 0.05) is 6.54 Å². The molecule has 0 aromatic rings. The van der Waals surface area contributed by atoms with Gasteiger partial charge >= 0.3 is 0 Å². The van der Waals surface area contributed by atoms with Crippen molar-refractivity contribution in [1.29, 1.82) is 0 Å². The molecule has 1 N–H and O–H groups in total. The maximum Gasteiger partial charge on any atom is 0.00105 e. The number of hydrogen-bond acceptors (Lipinski definition) is 2. The molecule has 76 valence electrons. The van der Waals surface area contributed by atoms with Crippen LogP contribution in [0.2, 0.25) is 0 Å². The zero-order valence-corrected chi connectivity index (χ0v) is 9.46. The van der Waals surface area contributed by atoms with E-state index in [-0.39, 0.29) is 0 Å². The first-order chi connectivity index (χ1) is 6.37. The minimum absolute atomic E-state index is 0.791. The van der Waals surface area contributed by atoms with E-state index in [1.165, 1.54) is 50.9 Å². The van der Waals surface area contributed by atoms with Crippen LogP contribution in [0.4, 0.5) is 0 Å². The molecule has 0 amide bonds. The summed E-state index contributed by atoms with van der Waals surface area (Å²) in [5, 5.41) is 3.63. The van der Waals surface area contributed by atoms with Crippen molar-refractivity contribution in [3.05, 3.63) is 0 Å². The molecule has 0 atom stereocenters. The van der Waals surface area contributed by atoms with E-state index < -0.39 is 0 Å². The minimum Gasteiger partial charge on any atom is -0.316 e. The first-order valence-electron chi connectivity index (χ1n) is 5.57. The highest BCUT2D eigenvalue weighted by atomic mass is 32.2. The van der Waals surface area contributed by atoms with Gasteiger partial charge in [0.25, 0.3) is 0 Å². The smallest absolute Gasteiger partial charge is 0.00105 e. The highest BCUT2D eigenvalue weighted by Crippen LogP contribution is 2.60. The van der Waals surface area contributed by atoms with Crippen molar-refractivity contribution in [3.8, 4) is 0 Å². The van der Waals surface area contributed by atoms with Gasteiger partial charge in [-0.1, -0.05) is 0 Å². The van der Waals surface area contributed by atoms with Crippen LogP contribution in [-0.4, -0.2) is 25.1 Å². The predicted octanol–water partition coefficient (Wildman–Crippen LogP) is 2.52. The molecule has 2 rings (SSSR count). The first-order valence-corrected chi connectivity index (χ1v) is 6.96. The molecule has 0 heterocycles. The van der Waals surface area contributed by atoms with Gasteiger partial charge in [-0.3, -0.25) is 0 Å². The fourth-order valence-corrected chi connectivity index (χ4v) is 2.70. The Morgan fingerprint density at radius 1 is 1.38 bits per heavy atom. The van der Waals surface area contributed by atoms with E-state index in [0.29, 0.717) is 0 Å². The third kappa shape index (κ3) is 2.63. The molecule has 2 aliphatic rings. The Labute approximate surface area is 86.0 Å². The van der Waals surface area contributed by atoms with Crippen LogP contribution in [0.1, 0.15) is 32.1 Å². The standard InChI is InChI=1S/C11H21NS/c1-13-8-2-7-12-9-11(5-6-11)10-3-4-10/h10,12H,2-9H2,1H3. The Morgan fingerprint density at radius 2 is 2.15 bits per heavy atom. The maximum absolute atomic E-state index is 3.63. The number of thioether (sulfide) groups is 1. The van der Waals surface area contributed by atoms with Gasteiger partial charge in [-0.25, -0.2) is 0 Å². The molecule has 2 aliphatic carbocycles. The van der Waals surface area contributed by atoms with Crippen molar-refractivity contribution >= 4 is 11.8 Å². The number of hydrogen-bond donors (Lipinski definition) is 1. The second-order valence-electron chi connectivity index (χ2n) is 4.66. The van der Waals surface area contributed by atoms with E-state index in [4.69, 9.17) is 0 Å². The Balaban J connectivity index is 1.52. The Kier molecular flexibility index (Phi) is 3.20. The lowest BCUT2D eigenvalue weighted by Gasteiger charge is -2.14. The lowest BCUT2D eigenvalue weighted by Crippen LogP contribution is -2.26. The van der Waals surface area contributed by atoms with E-state index >= 15 is 0 Å². The topological polar surface area (TPSA) is 12.0 Å². The Morgan fingerprint density at radius 3 is 2.69 bits per heavy atom. The quantitative estimate of drug-likeness (QED) is 0.632. The Bertz CT molecular complexity index is 161. The van der Waals surface area contributed by atoms with Crippen molar-refractivity contribution in [1.82, 2.24) is 5.32 Å². The van der Waals surface area contributed by atoms with Crippen molar-refractivity contribution in [2.45, 2.75) is 32.1 Å². The molecule has 13 heavy (non-hydrogen) atoms. The second-order valence-corrected chi connectivity index (χ2v) is 5.65. The summed E-state index contributed by atoms with van der Waals surface area (Å²) < 4.78 is 0. The zero-order valence-electron chi connectivity index (χ0n) is 8.64. The van der Waals surface area contributed by atoms with Crippen LogP contribution in [-0.2, 0) is 0 Å². The van der Waals surface area contributed by atoms with Crippen molar-refractivity contribution < 1.29 is 0 Å². The van der Waals surface area contributed by atoms with Gasteiger partial charge in [0.05, 0.1) is 0 Å². The van der Waals surface area contributed by atoms with Crippen LogP contribution in [0.3, 0.4) is 0 Å². The lowest BCUT2D eigenvalue weighted by atomic mass is 10.0. The lowest BCUT2D eigenvalue weighted by molar-refractivity contribution is 0.405. The summed E-state index contributed by atoms with van der Waals surface area (Å²) in [6, 6.07) is 0. The Hall–Kier alpha value is 0.310. The van der Waals surface area contributed by atoms with Crippen molar-refractivity contribution in [2.24, 2.45) is 11.3 Å². The largest absolute Gasteiger partial charge is 0.316 e. The fraction of sp³-hybridized carbons (Fsp3) is 1.00. The molecule has 0 radical (unpaired) electrons. The van der Waals surface area contributed by atoms with Gasteiger partial charge in [0.1, 0.15) is 0 Å². The van der Waals surface area contributed by atoms with Gasteiger partial charge in [-0.2, -0.15) is 11.8 Å². The summed E-state index contributed by atoms with van der Waals surface area (Å²) >= 11 is 1.95. The highest BCUT2D eigenvalue weighted by molar-refractivity contribution is 7.98. The molecule has 0 aromatic carbocycles. The summed E-state index contributed by atoms with van der Waals surface area (Å²) in [5.74, 6) is 2.42. The summed E-state index contributed by atoms with van der Waals surface area (Å²) in [6.45, 7) is 2.54. The van der Waals surface area contributed by atoms with E-state index in [9.17, 15) is 0 Å². The van der Waals surface area contributed by atoms with Crippen LogP contribution < -0.4 is 5.32 Å². The number of rotatable bonds is 7. The normalized spacial score (nSPS) is 24.7. The summed E-state index contributed by atoms with van der Waals surface area (Å²) in [6.07, 6.45) is 9.58. The summed E-state index contributed by atoms with van der Waals surface area (Å²) in [7, 11) is 0. The van der Waals surface area contributed by atoms with Gasteiger partial charge < -0.3 is 5.32 Å². The van der Waals surface area contributed by atoms with Gasteiger partial charge in [0.2, 0.25) is 0 Å². The van der Waals surface area contributed by atoms with E-state index in [1.807, 2.05) is 11.8 Å². The fourth-order valence-electron chi connectivity index (χ4n) is 2.26. The maximum atomic E-state index is 3.63. The average molecular weight is 199 g/mol. The molecule has 0 spiro atoms. The second kappa shape index (κ2) is 4.22. The molecular formula is C11H21NS. The molecule has 0 aliphatic heterocycles.